The van der Waals surface area contributed by atoms with Gasteiger partial charge in [-0.15, -0.1) is 0 Å². The highest BCUT2D eigenvalue weighted by Crippen LogP contribution is 2.52. The smallest absolute Gasteiger partial charge is 0.0363 e. The third kappa shape index (κ3) is 0.334. The van der Waals surface area contributed by atoms with E-state index in [1.165, 1.54) is 19.3 Å². The summed E-state index contributed by atoms with van der Waals surface area (Å²) in [4.78, 5) is 0. The summed E-state index contributed by atoms with van der Waals surface area (Å²) in [6, 6.07) is 0. The van der Waals surface area contributed by atoms with Crippen LogP contribution in [-0.2, 0) is 0 Å². The average molecular weight is 111 g/mol. The Kier molecular flexibility index (Phi) is 0.583. The molecule has 2 rings (SSSR count). The van der Waals surface area contributed by atoms with Gasteiger partial charge in [0.1, 0.15) is 0 Å². The van der Waals surface area contributed by atoms with Gasteiger partial charge in [0.05, 0.1) is 0 Å². The largest absolute Gasteiger partial charge is 0.303 e. The van der Waals surface area contributed by atoms with Crippen molar-refractivity contribution in [2.24, 2.45) is 0 Å². The molecular weight excluding hydrogens is 98.1 g/mol. The van der Waals surface area contributed by atoms with Gasteiger partial charge in [-0.1, -0.05) is 0 Å². The third-order valence-corrected chi connectivity index (χ3v) is 2.89. The van der Waals surface area contributed by atoms with Crippen LogP contribution in [-0.4, -0.2) is 11.1 Å². The maximum absolute atomic E-state index is 3.52. The summed E-state index contributed by atoms with van der Waals surface area (Å²) in [5.74, 6) is 0. The first-order valence-electron chi connectivity index (χ1n) is 3.46. The lowest BCUT2D eigenvalue weighted by Gasteiger charge is -2.26. The number of hydrogen-bond donors (Lipinski definition) is 1. The van der Waals surface area contributed by atoms with E-state index in [0.29, 0.717) is 11.1 Å². The summed E-state index contributed by atoms with van der Waals surface area (Å²) in [6.07, 6.45) is 4.27. The SMILES string of the molecule is CC1(C)NC12CCC2. The summed E-state index contributed by atoms with van der Waals surface area (Å²) in [7, 11) is 0. The molecule has 1 aliphatic heterocycles. The molecule has 1 N–H and O–H groups in total. The molecule has 8 heavy (non-hydrogen) atoms. The molecule has 2 aliphatic rings. The Morgan fingerprint density at radius 1 is 1.25 bits per heavy atom. The lowest BCUT2D eigenvalue weighted by Crippen LogP contribution is -2.29. The lowest BCUT2D eigenvalue weighted by molar-refractivity contribution is 0.343. The second-order valence-electron chi connectivity index (χ2n) is 3.69. The molecule has 0 aromatic rings. The molecule has 1 spiro atoms. The van der Waals surface area contributed by atoms with Crippen LogP contribution in [0.4, 0.5) is 0 Å². The van der Waals surface area contributed by atoms with Crippen molar-refractivity contribution in [3.63, 3.8) is 0 Å². The number of rotatable bonds is 0. The fourth-order valence-corrected chi connectivity index (χ4v) is 1.85. The van der Waals surface area contributed by atoms with Crippen molar-refractivity contribution in [3.05, 3.63) is 0 Å². The van der Waals surface area contributed by atoms with Crippen molar-refractivity contribution in [1.82, 2.24) is 5.32 Å². The minimum Gasteiger partial charge on any atom is -0.303 e. The van der Waals surface area contributed by atoms with Gasteiger partial charge in [-0.2, -0.15) is 0 Å². The first-order chi connectivity index (χ1) is 3.66. The summed E-state index contributed by atoms with van der Waals surface area (Å²) >= 11 is 0. The summed E-state index contributed by atoms with van der Waals surface area (Å²) in [6.45, 7) is 4.60. The van der Waals surface area contributed by atoms with Crippen LogP contribution >= 0.6 is 0 Å². The fourth-order valence-electron chi connectivity index (χ4n) is 1.85. The maximum Gasteiger partial charge on any atom is 0.0363 e. The zero-order valence-electron chi connectivity index (χ0n) is 5.62. The van der Waals surface area contributed by atoms with Gasteiger partial charge in [0.2, 0.25) is 0 Å². The van der Waals surface area contributed by atoms with Crippen LogP contribution in [0.15, 0.2) is 0 Å². The van der Waals surface area contributed by atoms with Crippen molar-refractivity contribution in [2.45, 2.75) is 44.2 Å². The number of hydrogen-bond acceptors (Lipinski definition) is 1. The average Bonchev–Trinajstić information content (AvgIpc) is 2.05. The standard InChI is InChI=1S/C7H13N/c1-6(2)7(8-6)4-3-5-7/h8H,3-5H2,1-2H3. The second kappa shape index (κ2) is 0.971. The molecule has 1 heteroatoms. The Bertz CT molecular complexity index is 122. The molecule has 1 saturated carbocycles. The highest BCUT2D eigenvalue weighted by Gasteiger charge is 2.63. The molecule has 0 radical (unpaired) electrons. The van der Waals surface area contributed by atoms with E-state index in [4.69, 9.17) is 0 Å². The van der Waals surface area contributed by atoms with Crippen molar-refractivity contribution >= 4 is 0 Å². The predicted molar refractivity (Wildman–Crippen MR) is 33.8 cm³/mol. The summed E-state index contributed by atoms with van der Waals surface area (Å²) < 4.78 is 0. The van der Waals surface area contributed by atoms with Gasteiger partial charge in [-0.3, -0.25) is 0 Å². The molecule has 1 aliphatic carbocycles. The molecule has 0 aromatic heterocycles. The van der Waals surface area contributed by atoms with Gasteiger partial charge in [0, 0.05) is 11.1 Å². The lowest BCUT2D eigenvalue weighted by atomic mass is 9.77. The Morgan fingerprint density at radius 3 is 1.75 bits per heavy atom. The van der Waals surface area contributed by atoms with Crippen LogP contribution in [0, 0.1) is 0 Å². The van der Waals surface area contributed by atoms with Gasteiger partial charge in [-0.25, -0.2) is 0 Å². The van der Waals surface area contributed by atoms with Gasteiger partial charge in [0.15, 0.2) is 0 Å². The molecular formula is C7H13N. The molecule has 0 amide bonds. The van der Waals surface area contributed by atoms with Gasteiger partial charge in [-0.05, 0) is 33.1 Å². The summed E-state index contributed by atoms with van der Waals surface area (Å²) in [5, 5.41) is 3.52. The molecule has 0 aromatic carbocycles. The van der Waals surface area contributed by atoms with E-state index in [9.17, 15) is 0 Å². The van der Waals surface area contributed by atoms with Crippen molar-refractivity contribution in [2.75, 3.05) is 0 Å². The predicted octanol–water partition coefficient (Wildman–Crippen LogP) is 1.29. The zero-order chi connectivity index (χ0) is 5.83. The third-order valence-electron chi connectivity index (χ3n) is 2.89. The van der Waals surface area contributed by atoms with Crippen LogP contribution in [0.25, 0.3) is 0 Å². The normalized spacial score (nSPS) is 36.8. The Labute approximate surface area is 50.5 Å². The van der Waals surface area contributed by atoms with E-state index in [1.807, 2.05) is 0 Å². The van der Waals surface area contributed by atoms with Gasteiger partial charge >= 0.3 is 0 Å². The Hall–Kier alpha value is -0.0400. The van der Waals surface area contributed by atoms with Crippen molar-refractivity contribution < 1.29 is 0 Å². The van der Waals surface area contributed by atoms with E-state index in [-0.39, 0.29) is 0 Å². The molecule has 1 nitrogen and oxygen atoms in total. The maximum atomic E-state index is 3.52. The summed E-state index contributed by atoms with van der Waals surface area (Å²) in [5.41, 5.74) is 1.11. The van der Waals surface area contributed by atoms with E-state index >= 15 is 0 Å². The molecule has 2 fully saturated rings. The van der Waals surface area contributed by atoms with Crippen molar-refractivity contribution in [1.29, 1.82) is 0 Å². The topological polar surface area (TPSA) is 21.9 Å². The highest BCUT2D eigenvalue weighted by molar-refractivity contribution is 5.25. The first kappa shape index (κ1) is 4.80. The molecule has 0 atom stereocenters. The van der Waals surface area contributed by atoms with Crippen molar-refractivity contribution in [3.8, 4) is 0 Å². The monoisotopic (exact) mass is 111 g/mol. The quantitative estimate of drug-likeness (QED) is 0.467. The van der Waals surface area contributed by atoms with Crippen LogP contribution in [0.3, 0.4) is 0 Å². The first-order valence-corrected chi connectivity index (χ1v) is 3.46. The van der Waals surface area contributed by atoms with E-state index in [0.717, 1.165) is 0 Å². The minimum atomic E-state index is 0.491. The second-order valence-corrected chi connectivity index (χ2v) is 3.69. The van der Waals surface area contributed by atoms with Crippen LogP contribution < -0.4 is 5.32 Å². The van der Waals surface area contributed by atoms with E-state index < -0.39 is 0 Å². The minimum absolute atomic E-state index is 0.491. The Balaban J connectivity index is 2.12. The highest BCUT2D eigenvalue weighted by atomic mass is 15.3. The van der Waals surface area contributed by atoms with Gasteiger partial charge < -0.3 is 5.32 Å². The molecule has 1 heterocycles. The van der Waals surface area contributed by atoms with Gasteiger partial charge in [0.25, 0.3) is 0 Å². The Morgan fingerprint density at radius 2 is 1.75 bits per heavy atom. The molecule has 46 valence electrons. The molecule has 0 unspecified atom stereocenters. The van der Waals surface area contributed by atoms with E-state index in [1.54, 1.807) is 0 Å². The van der Waals surface area contributed by atoms with E-state index in [2.05, 4.69) is 19.2 Å². The van der Waals surface area contributed by atoms with Crippen LogP contribution in [0.5, 0.6) is 0 Å². The zero-order valence-corrected chi connectivity index (χ0v) is 5.62. The molecule has 1 saturated heterocycles. The molecule has 0 bridgehead atoms. The number of nitrogens with one attached hydrogen (secondary N) is 1. The fraction of sp³-hybridized carbons (Fsp3) is 1.00. The van der Waals surface area contributed by atoms with Crippen LogP contribution in [0.1, 0.15) is 33.1 Å². The van der Waals surface area contributed by atoms with Crippen LogP contribution in [0.2, 0.25) is 0 Å².